The third kappa shape index (κ3) is 3.89. The molecule has 7 aromatic rings. The summed E-state index contributed by atoms with van der Waals surface area (Å²) in [6.07, 6.45) is 0. The Morgan fingerprint density at radius 3 is 1.29 bits per heavy atom. The highest BCUT2D eigenvalue weighted by atomic mass is 16.5. The molecule has 0 fully saturated rings. The number of rotatable bonds is 2. The fourth-order valence-electron chi connectivity index (χ4n) is 6.40. The molecular weight excluding hydrogens is 612 g/mol. The maximum absolute atomic E-state index is 13.5. The lowest BCUT2D eigenvalue weighted by molar-refractivity contribution is 0.0928. The van der Waals surface area contributed by atoms with Gasteiger partial charge in [0.2, 0.25) is 11.8 Å². The van der Waals surface area contributed by atoms with E-state index < -0.39 is 23.2 Å². The van der Waals surface area contributed by atoms with E-state index in [-0.39, 0.29) is 0 Å². The molecule has 4 heterocycles. The maximum atomic E-state index is 13.5. The van der Waals surface area contributed by atoms with Crippen molar-refractivity contribution in [1.29, 1.82) is 0 Å². The zero-order chi connectivity index (χ0) is 32.8. The number of ether oxygens (including phenoxy) is 2. The zero-order valence-electron chi connectivity index (χ0n) is 25.4. The summed E-state index contributed by atoms with van der Waals surface area (Å²) >= 11 is 0. The summed E-state index contributed by atoms with van der Waals surface area (Å²) in [6, 6.07) is 28.2. The highest BCUT2D eigenvalue weighted by Crippen LogP contribution is 2.40. The van der Waals surface area contributed by atoms with Gasteiger partial charge in [-0.15, -0.1) is 0 Å². The van der Waals surface area contributed by atoms with Gasteiger partial charge in [0.25, 0.3) is 0 Å². The zero-order valence-corrected chi connectivity index (χ0v) is 25.4. The van der Waals surface area contributed by atoms with E-state index in [2.05, 4.69) is 0 Å². The Bertz CT molecular complexity index is 2630. The molecule has 2 aromatic heterocycles. The van der Waals surface area contributed by atoms with Crippen molar-refractivity contribution in [2.24, 2.45) is 9.98 Å². The van der Waals surface area contributed by atoms with Crippen molar-refractivity contribution in [2.45, 2.75) is 13.8 Å². The normalized spacial score (nSPS) is 12.5. The molecule has 0 amide bonds. The van der Waals surface area contributed by atoms with Gasteiger partial charge in [0.05, 0.1) is 33.4 Å². The Balaban J connectivity index is 1.21. The molecule has 9 rings (SSSR count). The van der Waals surface area contributed by atoms with Crippen molar-refractivity contribution < 1.29 is 19.1 Å². The van der Waals surface area contributed by atoms with Gasteiger partial charge in [-0.3, -0.25) is 18.7 Å². The molecule has 0 spiro atoms. The van der Waals surface area contributed by atoms with E-state index in [1.54, 1.807) is 60.7 Å². The van der Waals surface area contributed by atoms with E-state index in [0.717, 1.165) is 9.13 Å². The van der Waals surface area contributed by atoms with Crippen molar-refractivity contribution in [3.8, 4) is 34.4 Å². The molecule has 0 atom stereocenters. The fourth-order valence-corrected chi connectivity index (χ4v) is 6.40. The molecule has 12 heteroatoms. The van der Waals surface area contributed by atoms with Crippen LogP contribution in [0.2, 0.25) is 0 Å². The van der Waals surface area contributed by atoms with Crippen LogP contribution >= 0.6 is 0 Å². The number of hydrogen-bond acceptors (Lipinski definition) is 8. The first-order chi connectivity index (χ1) is 23.3. The van der Waals surface area contributed by atoms with Gasteiger partial charge in [0, 0.05) is 38.1 Å². The van der Waals surface area contributed by atoms with Gasteiger partial charge in [-0.1, -0.05) is 36.4 Å². The van der Waals surface area contributed by atoms with Gasteiger partial charge < -0.3 is 9.47 Å². The Morgan fingerprint density at radius 1 is 0.521 bits per heavy atom. The molecular formula is C36H22N6O6. The number of nitrogens with zero attached hydrogens (tertiary/aromatic N) is 6. The summed E-state index contributed by atoms with van der Waals surface area (Å²) in [4.78, 5) is 61.7. The van der Waals surface area contributed by atoms with Crippen molar-refractivity contribution in [2.75, 3.05) is 0 Å². The predicted molar refractivity (Wildman–Crippen MR) is 176 cm³/mol. The van der Waals surface area contributed by atoms with Crippen LogP contribution in [0, 0.1) is 0 Å². The fraction of sp³-hybridized carbons (Fsp3) is 0.0556. The van der Waals surface area contributed by atoms with E-state index in [1.807, 2.05) is 36.4 Å². The number of aromatic nitrogens is 4. The second-order valence-corrected chi connectivity index (χ2v) is 11.4. The first-order valence-corrected chi connectivity index (χ1v) is 15.0. The van der Waals surface area contributed by atoms with E-state index >= 15 is 0 Å². The van der Waals surface area contributed by atoms with Crippen LogP contribution in [-0.2, 0) is 0 Å². The van der Waals surface area contributed by atoms with Crippen molar-refractivity contribution >= 4 is 45.3 Å². The number of imidazole rings is 2. The lowest BCUT2D eigenvalue weighted by atomic mass is 10.2. The van der Waals surface area contributed by atoms with Gasteiger partial charge >= 0.3 is 11.4 Å². The first-order valence-electron chi connectivity index (χ1n) is 15.0. The largest absolute Gasteiger partial charge is 0.453 e. The van der Waals surface area contributed by atoms with Crippen LogP contribution in [0.4, 0.5) is 11.4 Å². The second kappa shape index (κ2) is 9.84. The van der Waals surface area contributed by atoms with E-state index in [9.17, 15) is 19.2 Å². The van der Waals surface area contributed by atoms with E-state index in [4.69, 9.17) is 19.5 Å². The van der Waals surface area contributed by atoms with E-state index in [0.29, 0.717) is 78.5 Å². The highest BCUT2D eigenvalue weighted by molar-refractivity contribution is 5.94. The molecule has 0 bridgehead atoms. The Kier molecular flexibility index (Phi) is 5.63. The summed E-state index contributed by atoms with van der Waals surface area (Å²) in [5, 5.41) is 0.923. The van der Waals surface area contributed by atoms with Gasteiger partial charge in [-0.25, -0.2) is 28.7 Å². The summed E-state index contributed by atoms with van der Waals surface area (Å²) < 4.78 is 17.8. The maximum Gasteiger partial charge on any atom is 0.340 e. The average Bonchev–Trinajstić information content (AvgIpc) is 3.52. The van der Waals surface area contributed by atoms with Crippen LogP contribution in [-0.4, -0.2) is 30.1 Å². The Labute approximate surface area is 269 Å². The monoisotopic (exact) mass is 634 g/mol. The number of hydrogen-bond donors (Lipinski definition) is 0. The average molecular weight is 635 g/mol. The lowest BCUT2D eigenvalue weighted by Gasteiger charge is -2.18. The van der Waals surface area contributed by atoms with Crippen LogP contribution in [0.15, 0.2) is 117 Å². The Morgan fingerprint density at radius 2 is 0.917 bits per heavy atom. The molecule has 0 unspecified atom stereocenters. The summed E-state index contributed by atoms with van der Waals surface area (Å²) in [5.74, 6) is 0.759. The number of para-hydroxylation sites is 2. The molecule has 2 aliphatic rings. The van der Waals surface area contributed by atoms with Crippen molar-refractivity contribution in [1.82, 2.24) is 18.3 Å². The van der Waals surface area contributed by atoms with Crippen LogP contribution in [0.25, 0.3) is 33.4 Å². The quantitative estimate of drug-likeness (QED) is 0.253. The third-order valence-corrected chi connectivity index (χ3v) is 8.46. The number of carbonyl (C=O) groups excluding carboxylic acids is 2. The molecule has 0 saturated carbocycles. The molecule has 48 heavy (non-hydrogen) atoms. The first kappa shape index (κ1) is 27.5. The molecule has 0 saturated heterocycles. The minimum absolute atomic E-state index is 0.395. The molecule has 0 aliphatic carbocycles. The smallest absolute Gasteiger partial charge is 0.340 e. The highest BCUT2D eigenvalue weighted by Gasteiger charge is 2.25. The summed E-state index contributed by atoms with van der Waals surface area (Å²) in [7, 11) is 0. The predicted octanol–water partition coefficient (Wildman–Crippen LogP) is 5.33. The number of carbonyl (C=O) groups is 2. The van der Waals surface area contributed by atoms with Crippen molar-refractivity contribution in [3.05, 3.63) is 129 Å². The summed E-state index contributed by atoms with van der Waals surface area (Å²) in [6.45, 7) is 2.68. The van der Waals surface area contributed by atoms with Gasteiger partial charge in [-0.05, 0) is 36.4 Å². The van der Waals surface area contributed by atoms with Crippen LogP contribution < -0.4 is 31.6 Å². The topological polar surface area (TPSA) is 131 Å². The minimum Gasteiger partial charge on any atom is -0.453 e. The number of fused-ring (bicyclic) bond motifs is 6. The second-order valence-electron chi connectivity index (χ2n) is 11.4. The van der Waals surface area contributed by atoms with Gasteiger partial charge in [-0.2, -0.15) is 0 Å². The van der Waals surface area contributed by atoms with Gasteiger partial charge in [0.1, 0.15) is 22.1 Å². The standard InChI is InChI=1S/C36H22N6O6/c1-19(43)39-27-13-23-33(17-29(27)41(35(39)45)21-9-5-3-6-10-21)47-31-16-26-32(15-25(31)37-23)48-34-18-30-28(14-24(34)38-26)40(20(2)44)36(46)42(30)22-11-7-4-8-12-22/h3-18H,1-2H3. The van der Waals surface area contributed by atoms with Gasteiger partial charge in [0.15, 0.2) is 23.0 Å². The van der Waals surface area contributed by atoms with E-state index in [1.165, 1.54) is 23.0 Å². The van der Waals surface area contributed by atoms with Crippen molar-refractivity contribution in [3.63, 3.8) is 0 Å². The molecule has 0 radical (unpaired) electrons. The lowest BCUT2D eigenvalue weighted by Crippen LogP contribution is -2.26. The molecule has 232 valence electrons. The minimum atomic E-state index is -0.494. The molecule has 5 aromatic carbocycles. The molecule has 0 N–H and O–H groups in total. The molecule has 12 nitrogen and oxygen atoms in total. The SMILES string of the molecule is CC(=O)n1c(=O)n(-c2ccccc2)c2cc3c(cc21)N=c1cc2c(cc1O3)=Nc1cc3c(cc1O2)n(-c1ccccc1)c(=O)n3C(C)=O. The van der Waals surface area contributed by atoms with Crippen LogP contribution in [0.3, 0.4) is 0 Å². The third-order valence-electron chi connectivity index (χ3n) is 8.46. The summed E-state index contributed by atoms with van der Waals surface area (Å²) in [5.41, 5.74) is 2.86. The van der Waals surface area contributed by atoms with Crippen LogP contribution in [0.1, 0.15) is 23.4 Å². The molecule has 2 aliphatic heterocycles. The Hall–Kier alpha value is -6.82. The number of benzene rings is 5. The van der Waals surface area contributed by atoms with Crippen LogP contribution in [0.5, 0.6) is 23.0 Å².